The monoisotopic (exact) mass is 141 g/mol. The minimum Gasteiger partial charge on any atom is -0.505 e. The van der Waals surface area contributed by atoms with Gasteiger partial charge in [0.05, 0.1) is 12.4 Å². The van der Waals surface area contributed by atoms with Crippen LogP contribution in [0.1, 0.15) is 0 Å². The van der Waals surface area contributed by atoms with Crippen LogP contribution < -0.4 is 5.73 Å². The van der Waals surface area contributed by atoms with Crippen molar-refractivity contribution in [2.24, 2.45) is 5.73 Å². The van der Waals surface area contributed by atoms with Gasteiger partial charge in [0.25, 0.3) is 0 Å². The minimum atomic E-state index is -0.483. The number of primary amides is 1. The van der Waals surface area contributed by atoms with Crippen LogP contribution in [0.2, 0.25) is 0 Å². The average Bonchev–Trinajstić information content (AvgIpc) is 2.13. The van der Waals surface area contributed by atoms with Crippen molar-refractivity contribution in [3.63, 3.8) is 0 Å². The molecule has 54 valence electrons. The molecule has 0 aliphatic carbocycles. The highest BCUT2D eigenvalue weighted by molar-refractivity contribution is 5.73. The number of nitrogens with two attached hydrogens (primary N) is 1. The van der Waals surface area contributed by atoms with Gasteiger partial charge in [0.1, 0.15) is 6.54 Å². The predicted molar refractivity (Wildman–Crippen MR) is 33.1 cm³/mol. The van der Waals surface area contributed by atoms with E-state index in [2.05, 4.69) is 5.10 Å². The largest absolute Gasteiger partial charge is 0.505 e. The molecule has 0 aliphatic heterocycles. The van der Waals surface area contributed by atoms with Crippen LogP contribution in [0.25, 0.3) is 0 Å². The van der Waals surface area contributed by atoms with E-state index in [1.165, 1.54) is 17.1 Å². The topological polar surface area (TPSA) is 81.1 Å². The fourth-order valence-corrected chi connectivity index (χ4v) is 0.599. The molecule has 1 aromatic heterocycles. The van der Waals surface area contributed by atoms with Gasteiger partial charge in [-0.2, -0.15) is 5.10 Å². The Morgan fingerprint density at radius 1 is 1.90 bits per heavy atom. The summed E-state index contributed by atoms with van der Waals surface area (Å²) in [5.74, 6) is -0.454. The maximum absolute atomic E-state index is 10.3. The van der Waals surface area contributed by atoms with Crippen LogP contribution in [0, 0.1) is 0 Å². The number of carbonyl (C=O) groups excluding carboxylic acids is 1. The van der Waals surface area contributed by atoms with Gasteiger partial charge in [0.2, 0.25) is 5.91 Å². The molecule has 1 heterocycles. The number of hydrogen-bond donors (Lipinski definition) is 2. The minimum absolute atomic E-state index is 0.000556. The summed E-state index contributed by atoms with van der Waals surface area (Å²) < 4.78 is 1.26. The summed E-state index contributed by atoms with van der Waals surface area (Å²) >= 11 is 0. The molecule has 0 bridgehead atoms. The summed E-state index contributed by atoms with van der Waals surface area (Å²) in [5.41, 5.74) is 4.85. The molecule has 5 heteroatoms. The Morgan fingerprint density at radius 2 is 2.60 bits per heavy atom. The molecule has 0 spiro atoms. The lowest BCUT2D eigenvalue weighted by atomic mass is 10.6. The molecule has 1 aromatic rings. The second-order valence-corrected chi connectivity index (χ2v) is 1.86. The molecule has 0 aliphatic rings. The van der Waals surface area contributed by atoms with Crippen molar-refractivity contribution >= 4 is 5.91 Å². The number of hydrogen-bond acceptors (Lipinski definition) is 3. The average molecular weight is 141 g/mol. The van der Waals surface area contributed by atoms with E-state index in [0.29, 0.717) is 0 Å². The van der Waals surface area contributed by atoms with Gasteiger partial charge in [-0.3, -0.25) is 9.48 Å². The van der Waals surface area contributed by atoms with Crippen molar-refractivity contribution < 1.29 is 9.90 Å². The van der Waals surface area contributed by atoms with E-state index in [1.807, 2.05) is 0 Å². The first-order valence-electron chi connectivity index (χ1n) is 2.68. The quantitative estimate of drug-likeness (QED) is 0.558. The molecule has 0 unspecified atom stereocenters. The van der Waals surface area contributed by atoms with Gasteiger partial charge in [-0.25, -0.2) is 0 Å². The molecule has 5 nitrogen and oxygen atoms in total. The number of aromatic nitrogens is 2. The van der Waals surface area contributed by atoms with Crippen molar-refractivity contribution in [1.82, 2.24) is 9.78 Å². The van der Waals surface area contributed by atoms with Crippen LogP contribution >= 0.6 is 0 Å². The van der Waals surface area contributed by atoms with E-state index in [9.17, 15) is 4.79 Å². The Morgan fingerprint density at radius 3 is 3.00 bits per heavy atom. The zero-order chi connectivity index (χ0) is 7.56. The summed E-state index contributed by atoms with van der Waals surface area (Å²) in [6.45, 7) is 0.000556. The van der Waals surface area contributed by atoms with Gasteiger partial charge >= 0.3 is 0 Å². The van der Waals surface area contributed by atoms with Crippen LogP contribution in [0.15, 0.2) is 12.4 Å². The lowest BCUT2D eigenvalue weighted by Crippen LogP contribution is -2.18. The summed E-state index contributed by atoms with van der Waals surface area (Å²) in [5, 5.41) is 12.4. The fraction of sp³-hybridized carbons (Fsp3) is 0.200. The number of amides is 1. The Bertz CT molecular complexity index is 243. The maximum Gasteiger partial charge on any atom is 0.239 e. The maximum atomic E-state index is 10.3. The third kappa shape index (κ3) is 1.48. The number of carbonyl (C=O) groups is 1. The molecule has 0 saturated heterocycles. The standard InChI is InChI=1S/C5H7N3O2/c6-5(10)3-8-2-4(9)1-7-8/h1-2,9H,3H2,(H2,6,10). The van der Waals surface area contributed by atoms with Gasteiger partial charge in [0, 0.05) is 0 Å². The highest BCUT2D eigenvalue weighted by Gasteiger charge is 1.97. The number of aromatic hydroxyl groups is 1. The smallest absolute Gasteiger partial charge is 0.239 e. The number of rotatable bonds is 2. The molecular formula is C5H7N3O2. The Balaban J connectivity index is 2.67. The predicted octanol–water partition coefficient (Wildman–Crippen LogP) is -0.926. The van der Waals surface area contributed by atoms with Crippen molar-refractivity contribution in [2.45, 2.75) is 6.54 Å². The van der Waals surface area contributed by atoms with E-state index in [-0.39, 0.29) is 12.3 Å². The van der Waals surface area contributed by atoms with Crippen LogP contribution in [-0.2, 0) is 11.3 Å². The lowest BCUT2D eigenvalue weighted by molar-refractivity contribution is -0.118. The molecule has 0 atom stereocenters. The van der Waals surface area contributed by atoms with E-state index in [4.69, 9.17) is 10.8 Å². The van der Waals surface area contributed by atoms with Crippen LogP contribution in [0.4, 0.5) is 0 Å². The van der Waals surface area contributed by atoms with Crippen molar-refractivity contribution in [3.05, 3.63) is 12.4 Å². The van der Waals surface area contributed by atoms with Crippen LogP contribution in [-0.4, -0.2) is 20.8 Å². The third-order valence-corrected chi connectivity index (χ3v) is 0.937. The lowest BCUT2D eigenvalue weighted by Gasteiger charge is -1.92. The zero-order valence-electron chi connectivity index (χ0n) is 5.19. The van der Waals surface area contributed by atoms with Gasteiger partial charge in [-0.1, -0.05) is 0 Å². The van der Waals surface area contributed by atoms with Crippen LogP contribution in [0.3, 0.4) is 0 Å². The van der Waals surface area contributed by atoms with E-state index in [1.54, 1.807) is 0 Å². The highest BCUT2D eigenvalue weighted by atomic mass is 16.3. The molecule has 10 heavy (non-hydrogen) atoms. The summed E-state index contributed by atoms with van der Waals surface area (Å²) in [7, 11) is 0. The Kier molecular flexibility index (Phi) is 1.57. The van der Waals surface area contributed by atoms with Crippen molar-refractivity contribution in [2.75, 3.05) is 0 Å². The Labute approximate surface area is 57.1 Å². The molecule has 1 rings (SSSR count). The molecule has 3 N–H and O–H groups in total. The normalized spacial score (nSPS) is 9.60. The van der Waals surface area contributed by atoms with Crippen LogP contribution in [0.5, 0.6) is 5.75 Å². The third-order valence-electron chi connectivity index (χ3n) is 0.937. The molecule has 1 amide bonds. The summed E-state index contributed by atoms with van der Waals surface area (Å²) in [6.07, 6.45) is 2.56. The highest BCUT2D eigenvalue weighted by Crippen LogP contribution is 2.02. The molecule has 0 aromatic carbocycles. The fourth-order valence-electron chi connectivity index (χ4n) is 0.599. The molecular weight excluding hydrogens is 134 g/mol. The van der Waals surface area contributed by atoms with Gasteiger partial charge in [0.15, 0.2) is 5.75 Å². The summed E-state index contributed by atoms with van der Waals surface area (Å²) in [4.78, 5) is 10.3. The second-order valence-electron chi connectivity index (χ2n) is 1.86. The molecule has 0 fully saturated rings. The number of nitrogens with zero attached hydrogens (tertiary/aromatic N) is 2. The van der Waals surface area contributed by atoms with Gasteiger partial charge in [-0.15, -0.1) is 0 Å². The van der Waals surface area contributed by atoms with E-state index >= 15 is 0 Å². The van der Waals surface area contributed by atoms with E-state index in [0.717, 1.165) is 0 Å². The van der Waals surface area contributed by atoms with Gasteiger partial charge < -0.3 is 10.8 Å². The van der Waals surface area contributed by atoms with E-state index < -0.39 is 5.91 Å². The first kappa shape index (κ1) is 6.60. The van der Waals surface area contributed by atoms with Gasteiger partial charge in [-0.05, 0) is 0 Å². The second kappa shape index (κ2) is 2.38. The molecule has 0 saturated carbocycles. The van der Waals surface area contributed by atoms with Crippen molar-refractivity contribution in [3.8, 4) is 5.75 Å². The molecule has 0 radical (unpaired) electrons. The zero-order valence-corrected chi connectivity index (χ0v) is 5.19. The summed E-state index contributed by atoms with van der Waals surface area (Å²) in [6, 6.07) is 0. The SMILES string of the molecule is NC(=O)Cn1cc(O)cn1. The Hall–Kier alpha value is -1.52. The van der Waals surface area contributed by atoms with Crippen molar-refractivity contribution in [1.29, 1.82) is 0 Å². The first-order valence-corrected chi connectivity index (χ1v) is 2.68. The first-order chi connectivity index (χ1) is 4.68.